The summed E-state index contributed by atoms with van der Waals surface area (Å²) in [6.07, 6.45) is 3.51. The molecule has 1 aromatic heterocycles. The maximum absolute atomic E-state index is 4.18. The zero-order valence-corrected chi connectivity index (χ0v) is 11.5. The second-order valence-electron chi connectivity index (χ2n) is 4.24. The Bertz CT molecular complexity index is 477. The van der Waals surface area contributed by atoms with Crippen LogP contribution in [0, 0.1) is 0 Å². The lowest BCUT2D eigenvalue weighted by Gasteiger charge is -2.21. The summed E-state index contributed by atoms with van der Waals surface area (Å²) in [7, 11) is 0. The normalized spacial score (nSPS) is 10.2. The van der Waals surface area contributed by atoms with E-state index < -0.39 is 0 Å². The van der Waals surface area contributed by atoms with E-state index in [4.69, 9.17) is 0 Å². The molecule has 0 spiro atoms. The summed E-state index contributed by atoms with van der Waals surface area (Å²) in [5, 5.41) is 3.32. The smallest absolute Gasteiger partial charge is 0.147 e. The number of nitrogens with zero attached hydrogens (tertiary/aromatic N) is 3. The van der Waals surface area contributed by atoms with Gasteiger partial charge in [0.25, 0.3) is 0 Å². The summed E-state index contributed by atoms with van der Waals surface area (Å²) in [6, 6.07) is 10.3. The minimum Gasteiger partial charge on any atom is -0.378 e. The summed E-state index contributed by atoms with van der Waals surface area (Å²) in [6.45, 7) is 7.04. The number of aromatic nitrogens is 2. The average molecular weight is 256 g/mol. The molecule has 1 heterocycles. The third kappa shape index (κ3) is 3.68. The van der Waals surface area contributed by atoms with Crippen molar-refractivity contribution < 1.29 is 0 Å². The van der Waals surface area contributed by atoms with Gasteiger partial charge in [-0.2, -0.15) is 0 Å². The van der Waals surface area contributed by atoms with Gasteiger partial charge in [0.2, 0.25) is 0 Å². The first kappa shape index (κ1) is 13.3. The zero-order chi connectivity index (χ0) is 13.5. The Kier molecular flexibility index (Phi) is 4.72. The second kappa shape index (κ2) is 6.73. The van der Waals surface area contributed by atoms with Crippen molar-refractivity contribution >= 4 is 11.4 Å². The molecule has 19 heavy (non-hydrogen) atoms. The molecule has 2 aromatic rings. The summed E-state index contributed by atoms with van der Waals surface area (Å²) in [5.41, 5.74) is 2.34. The Balaban J connectivity index is 1.95. The van der Waals surface area contributed by atoms with Crippen LogP contribution in [0.3, 0.4) is 0 Å². The van der Waals surface area contributed by atoms with Crippen molar-refractivity contribution in [1.29, 1.82) is 0 Å². The van der Waals surface area contributed by atoms with Gasteiger partial charge in [-0.1, -0.05) is 0 Å². The van der Waals surface area contributed by atoms with Gasteiger partial charge in [0, 0.05) is 36.9 Å². The Hall–Kier alpha value is -2.10. The fraction of sp³-hybridized carbons (Fsp3) is 0.333. The summed E-state index contributed by atoms with van der Waals surface area (Å²) in [4.78, 5) is 10.7. The second-order valence-corrected chi connectivity index (χ2v) is 4.24. The number of hydrogen-bond donors (Lipinski definition) is 1. The third-order valence-electron chi connectivity index (χ3n) is 3.07. The van der Waals surface area contributed by atoms with Gasteiger partial charge in [0.1, 0.15) is 5.82 Å². The van der Waals surface area contributed by atoms with E-state index in [2.05, 4.69) is 58.3 Å². The summed E-state index contributed by atoms with van der Waals surface area (Å²) >= 11 is 0. The molecule has 0 amide bonds. The predicted octanol–water partition coefficient (Wildman–Crippen LogP) is 2.93. The van der Waals surface area contributed by atoms with Gasteiger partial charge in [-0.15, -0.1) is 0 Å². The van der Waals surface area contributed by atoms with Crippen LogP contribution in [0.25, 0.3) is 0 Å². The number of benzene rings is 1. The topological polar surface area (TPSA) is 41.0 Å². The predicted molar refractivity (Wildman–Crippen MR) is 79.4 cm³/mol. The summed E-state index contributed by atoms with van der Waals surface area (Å²) in [5.74, 6) is 0.801. The molecule has 0 aliphatic carbocycles. The number of nitrogens with one attached hydrogen (secondary N) is 1. The zero-order valence-electron chi connectivity index (χ0n) is 11.5. The first-order valence-corrected chi connectivity index (χ1v) is 6.68. The fourth-order valence-corrected chi connectivity index (χ4v) is 1.98. The molecule has 2 rings (SSSR count). The van der Waals surface area contributed by atoms with E-state index in [0.717, 1.165) is 24.6 Å². The highest BCUT2D eigenvalue weighted by molar-refractivity contribution is 5.55. The van der Waals surface area contributed by atoms with Crippen molar-refractivity contribution in [2.75, 3.05) is 23.3 Å². The highest BCUT2D eigenvalue weighted by Gasteiger charge is 2.01. The van der Waals surface area contributed by atoms with Crippen LogP contribution in [0.2, 0.25) is 0 Å². The Morgan fingerprint density at radius 1 is 1.00 bits per heavy atom. The van der Waals surface area contributed by atoms with Crippen molar-refractivity contribution in [2.45, 2.75) is 20.4 Å². The minimum absolute atomic E-state index is 0.644. The molecule has 4 nitrogen and oxygen atoms in total. The quantitative estimate of drug-likeness (QED) is 0.862. The molecule has 0 saturated carbocycles. The van der Waals surface area contributed by atoms with Gasteiger partial charge in [-0.05, 0) is 44.2 Å². The van der Waals surface area contributed by atoms with Crippen molar-refractivity contribution in [1.82, 2.24) is 9.97 Å². The monoisotopic (exact) mass is 256 g/mol. The van der Waals surface area contributed by atoms with Crippen molar-refractivity contribution in [3.63, 3.8) is 0 Å². The van der Waals surface area contributed by atoms with Crippen molar-refractivity contribution in [2.24, 2.45) is 0 Å². The van der Waals surface area contributed by atoms with Gasteiger partial charge in [0.05, 0.1) is 6.54 Å². The molecular weight excluding hydrogens is 236 g/mol. The molecule has 100 valence electrons. The lowest BCUT2D eigenvalue weighted by Crippen LogP contribution is -2.21. The van der Waals surface area contributed by atoms with Crippen molar-refractivity contribution in [3.8, 4) is 0 Å². The van der Waals surface area contributed by atoms with E-state index in [-0.39, 0.29) is 0 Å². The third-order valence-corrected chi connectivity index (χ3v) is 3.07. The SMILES string of the molecule is CCN(CC)c1ccc(NCc2ncccn2)cc1. The van der Waals surface area contributed by atoms with Crippen LogP contribution in [0.1, 0.15) is 19.7 Å². The minimum atomic E-state index is 0.644. The van der Waals surface area contributed by atoms with Crippen LogP contribution in [-0.4, -0.2) is 23.1 Å². The standard InChI is InChI=1S/C15H20N4/c1-3-19(4-2)14-8-6-13(7-9-14)18-12-15-16-10-5-11-17-15/h5-11,18H,3-4,12H2,1-2H3. The molecule has 4 heteroatoms. The van der Waals surface area contributed by atoms with Crippen LogP contribution >= 0.6 is 0 Å². The highest BCUT2D eigenvalue weighted by Crippen LogP contribution is 2.17. The van der Waals surface area contributed by atoms with E-state index >= 15 is 0 Å². The molecule has 0 radical (unpaired) electrons. The number of rotatable bonds is 6. The van der Waals surface area contributed by atoms with Crippen LogP contribution < -0.4 is 10.2 Å². The van der Waals surface area contributed by atoms with Crippen molar-refractivity contribution in [3.05, 3.63) is 48.5 Å². The maximum atomic E-state index is 4.18. The first-order valence-electron chi connectivity index (χ1n) is 6.68. The largest absolute Gasteiger partial charge is 0.378 e. The van der Waals surface area contributed by atoms with Gasteiger partial charge >= 0.3 is 0 Å². The van der Waals surface area contributed by atoms with E-state index in [1.54, 1.807) is 12.4 Å². The first-order chi connectivity index (χ1) is 9.33. The van der Waals surface area contributed by atoms with Crippen LogP contribution in [0.5, 0.6) is 0 Å². The molecule has 0 bridgehead atoms. The molecule has 0 saturated heterocycles. The van der Waals surface area contributed by atoms with E-state index in [1.807, 2.05) is 6.07 Å². The molecule has 1 N–H and O–H groups in total. The van der Waals surface area contributed by atoms with Gasteiger partial charge in [-0.25, -0.2) is 9.97 Å². The van der Waals surface area contributed by atoms with Crippen LogP contribution in [0.4, 0.5) is 11.4 Å². The van der Waals surface area contributed by atoms with Gasteiger partial charge < -0.3 is 10.2 Å². The maximum Gasteiger partial charge on any atom is 0.147 e. The molecule has 0 unspecified atom stereocenters. The van der Waals surface area contributed by atoms with E-state index in [1.165, 1.54) is 5.69 Å². The van der Waals surface area contributed by atoms with Crippen LogP contribution in [0.15, 0.2) is 42.7 Å². The molecule has 0 fully saturated rings. The summed E-state index contributed by atoms with van der Waals surface area (Å²) < 4.78 is 0. The molecule has 0 atom stereocenters. The van der Waals surface area contributed by atoms with E-state index in [9.17, 15) is 0 Å². The number of hydrogen-bond acceptors (Lipinski definition) is 4. The highest BCUT2D eigenvalue weighted by atomic mass is 15.1. The lowest BCUT2D eigenvalue weighted by molar-refractivity contribution is 0.866. The molecule has 1 aromatic carbocycles. The Morgan fingerprint density at radius 2 is 1.63 bits per heavy atom. The average Bonchev–Trinajstić information content (AvgIpc) is 2.49. The fourth-order valence-electron chi connectivity index (χ4n) is 1.98. The van der Waals surface area contributed by atoms with Gasteiger partial charge in [0.15, 0.2) is 0 Å². The molecular formula is C15H20N4. The Morgan fingerprint density at radius 3 is 2.21 bits per heavy atom. The number of anilines is 2. The van der Waals surface area contributed by atoms with E-state index in [0.29, 0.717) is 6.54 Å². The lowest BCUT2D eigenvalue weighted by atomic mass is 10.2. The van der Waals surface area contributed by atoms with Crippen LogP contribution in [-0.2, 0) is 6.54 Å². The molecule has 0 aliphatic rings. The van der Waals surface area contributed by atoms with Gasteiger partial charge in [-0.3, -0.25) is 0 Å². The molecule has 0 aliphatic heterocycles. The Labute approximate surface area is 114 Å².